The second-order valence-electron chi connectivity index (χ2n) is 5.75. The van der Waals surface area contributed by atoms with E-state index in [0.717, 1.165) is 11.6 Å². The van der Waals surface area contributed by atoms with E-state index in [1.54, 1.807) is 30.1 Å². The summed E-state index contributed by atoms with van der Waals surface area (Å²) >= 11 is 0. The number of rotatable bonds is 8. The second-order valence-corrected chi connectivity index (χ2v) is 5.75. The summed E-state index contributed by atoms with van der Waals surface area (Å²) in [4.78, 5) is 12.5. The van der Waals surface area contributed by atoms with Gasteiger partial charge >= 0.3 is 6.61 Å². The van der Waals surface area contributed by atoms with Gasteiger partial charge in [0.1, 0.15) is 0 Å². The quantitative estimate of drug-likeness (QED) is 0.515. The van der Waals surface area contributed by atoms with E-state index in [1.807, 2.05) is 6.07 Å². The topological polar surface area (TPSA) is 88.6 Å². The Hall–Kier alpha value is -3.25. The smallest absolute Gasteiger partial charge is 0.387 e. The maximum absolute atomic E-state index is 12.5. The van der Waals surface area contributed by atoms with Crippen molar-refractivity contribution >= 4 is 5.69 Å². The maximum atomic E-state index is 12.5. The van der Waals surface area contributed by atoms with E-state index >= 15 is 0 Å². The largest absolute Gasteiger partial charge is 0.493 e. The number of benzene rings is 2. The Bertz CT molecular complexity index is 868. The standard InChI is InChI=1S/C18H17F2N3O4/c1-22(10-13-5-3-4-12(6-13)9-21)11-14-7-16(26-2)17(27-18(19)20)8-15(14)23(24)25/h3-8,18H,10-11H2,1-2H3. The van der Waals surface area contributed by atoms with E-state index in [4.69, 9.17) is 10.00 Å². The van der Waals surface area contributed by atoms with Crippen LogP contribution in [-0.2, 0) is 13.1 Å². The zero-order valence-corrected chi connectivity index (χ0v) is 14.7. The number of hydrogen-bond acceptors (Lipinski definition) is 6. The summed E-state index contributed by atoms with van der Waals surface area (Å²) in [6, 6.07) is 11.3. The Balaban J connectivity index is 2.27. The fourth-order valence-corrected chi connectivity index (χ4v) is 2.63. The van der Waals surface area contributed by atoms with Gasteiger partial charge in [0.15, 0.2) is 11.5 Å². The molecule has 142 valence electrons. The number of ether oxygens (including phenoxy) is 2. The third-order valence-corrected chi connectivity index (χ3v) is 3.73. The molecule has 0 N–H and O–H groups in total. The van der Waals surface area contributed by atoms with Crippen molar-refractivity contribution in [2.45, 2.75) is 19.7 Å². The van der Waals surface area contributed by atoms with Gasteiger partial charge in [0.25, 0.3) is 5.69 Å². The molecule has 0 saturated heterocycles. The molecule has 0 aromatic heterocycles. The minimum atomic E-state index is -3.13. The van der Waals surface area contributed by atoms with Crippen molar-refractivity contribution in [3.63, 3.8) is 0 Å². The van der Waals surface area contributed by atoms with E-state index in [0.29, 0.717) is 12.1 Å². The van der Waals surface area contributed by atoms with E-state index in [1.165, 1.54) is 13.2 Å². The molecule has 2 aromatic carbocycles. The molecule has 7 nitrogen and oxygen atoms in total. The SMILES string of the molecule is COc1cc(CN(C)Cc2cccc(C#N)c2)c([N+](=O)[O-])cc1OC(F)F. The van der Waals surface area contributed by atoms with Crippen LogP contribution in [0.1, 0.15) is 16.7 Å². The summed E-state index contributed by atoms with van der Waals surface area (Å²) in [5.74, 6) is -0.414. The van der Waals surface area contributed by atoms with Gasteiger partial charge in [0.2, 0.25) is 0 Å². The van der Waals surface area contributed by atoms with Crippen LogP contribution in [-0.4, -0.2) is 30.6 Å². The number of halogens is 2. The van der Waals surface area contributed by atoms with Crippen LogP contribution in [0, 0.1) is 21.4 Å². The van der Waals surface area contributed by atoms with Gasteiger partial charge in [-0.25, -0.2) is 0 Å². The fourth-order valence-electron chi connectivity index (χ4n) is 2.63. The first-order valence-corrected chi connectivity index (χ1v) is 7.81. The predicted molar refractivity (Wildman–Crippen MR) is 92.6 cm³/mol. The van der Waals surface area contributed by atoms with E-state index in [2.05, 4.69) is 10.8 Å². The predicted octanol–water partition coefficient (Wildman–Crippen LogP) is 3.71. The zero-order chi connectivity index (χ0) is 20.0. The van der Waals surface area contributed by atoms with Crippen molar-refractivity contribution in [3.8, 4) is 17.6 Å². The van der Waals surface area contributed by atoms with Crippen LogP contribution < -0.4 is 9.47 Å². The summed E-state index contributed by atoms with van der Waals surface area (Å²) in [5.41, 5.74) is 1.33. The first-order chi connectivity index (χ1) is 12.8. The average molecular weight is 377 g/mol. The molecule has 0 aliphatic carbocycles. The number of nitriles is 1. The van der Waals surface area contributed by atoms with Gasteiger partial charge in [-0.05, 0) is 30.8 Å². The Kier molecular flexibility index (Phi) is 6.62. The van der Waals surface area contributed by atoms with E-state index in [9.17, 15) is 18.9 Å². The lowest BCUT2D eigenvalue weighted by atomic mass is 10.1. The van der Waals surface area contributed by atoms with Crippen LogP contribution in [0.3, 0.4) is 0 Å². The van der Waals surface area contributed by atoms with Crippen molar-refractivity contribution < 1.29 is 23.2 Å². The minimum absolute atomic E-state index is 0.0178. The number of methoxy groups -OCH3 is 1. The lowest BCUT2D eigenvalue weighted by Gasteiger charge is -2.18. The Morgan fingerprint density at radius 2 is 2.00 bits per heavy atom. The molecule has 0 unspecified atom stereocenters. The second kappa shape index (κ2) is 8.91. The highest BCUT2D eigenvalue weighted by molar-refractivity contribution is 5.54. The molecule has 0 amide bonds. The lowest BCUT2D eigenvalue weighted by molar-refractivity contribution is -0.385. The Morgan fingerprint density at radius 1 is 1.26 bits per heavy atom. The highest BCUT2D eigenvalue weighted by Gasteiger charge is 2.22. The van der Waals surface area contributed by atoms with Crippen LogP contribution >= 0.6 is 0 Å². The number of nitro benzene ring substituents is 1. The number of nitrogens with zero attached hydrogens (tertiary/aromatic N) is 3. The molecule has 0 spiro atoms. The molecule has 0 aliphatic heterocycles. The number of alkyl halides is 2. The summed E-state index contributed by atoms with van der Waals surface area (Å²) in [5, 5.41) is 20.3. The highest BCUT2D eigenvalue weighted by Crippen LogP contribution is 2.36. The van der Waals surface area contributed by atoms with Crippen molar-refractivity contribution in [3.05, 3.63) is 63.2 Å². The van der Waals surface area contributed by atoms with Gasteiger partial charge in [-0.1, -0.05) is 12.1 Å². The van der Waals surface area contributed by atoms with E-state index in [-0.39, 0.29) is 23.5 Å². The molecular weight excluding hydrogens is 360 g/mol. The lowest BCUT2D eigenvalue weighted by Crippen LogP contribution is -2.18. The minimum Gasteiger partial charge on any atom is -0.493 e. The van der Waals surface area contributed by atoms with Gasteiger partial charge in [0.05, 0.1) is 29.7 Å². The summed E-state index contributed by atoms with van der Waals surface area (Å²) in [7, 11) is 3.01. The van der Waals surface area contributed by atoms with Gasteiger partial charge in [-0.2, -0.15) is 14.0 Å². The molecular formula is C18H17F2N3O4. The molecule has 0 aliphatic rings. The van der Waals surface area contributed by atoms with Gasteiger partial charge in [-0.3, -0.25) is 15.0 Å². The van der Waals surface area contributed by atoms with E-state index < -0.39 is 17.3 Å². The van der Waals surface area contributed by atoms with Crippen molar-refractivity contribution in [1.82, 2.24) is 4.90 Å². The number of hydrogen-bond donors (Lipinski definition) is 0. The van der Waals surface area contributed by atoms with Gasteiger partial charge < -0.3 is 9.47 Å². The molecule has 2 rings (SSSR count). The van der Waals surface area contributed by atoms with Crippen LogP contribution in [0.25, 0.3) is 0 Å². The Labute approximate surface area is 154 Å². The highest BCUT2D eigenvalue weighted by atomic mass is 19.3. The molecule has 0 radical (unpaired) electrons. The van der Waals surface area contributed by atoms with Crippen LogP contribution in [0.15, 0.2) is 36.4 Å². The Morgan fingerprint density at radius 3 is 2.59 bits per heavy atom. The molecule has 0 atom stereocenters. The fraction of sp³-hybridized carbons (Fsp3) is 0.278. The van der Waals surface area contributed by atoms with Gasteiger partial charge in [0, 0.05) is 18.7 Å². The third kappa shape index (κ3) is 5.36. The van der Waals surface area contributed by atoms with Crippen molar-refractivity contribution in [2.75, 3.05) is 14.2 Å². The van der Waals surface area contributed by atoms with Gasteiger partial charge in [-0.15, -0.1) is 0 Å². The first-order valence-electron chi connectivity index (χ1n) is 7.81. The summed E-state index contributed by atoms with van der Waals surface area (Å²) in [6.07, 6.45) is 0. The maximum Gasteiger partial charge on any atom is 0.387 e. The molecule has 0 fully saturated rings. The first kappa shape index (κ1) is 20.1. The third-order valence-electron chi connectivity index (χ3n) is 3.73. The van der Waals surface area contributed by atoms with Crippen LogP contribution in [0.5, 0.6) is 11.5 Å². The molecule has 0 heterocycles. The van der Waals surface area contributed by atoms with Crippen molar-refractivity contribution in [2.24, 2.45) is 0 Å². The molecule has 2 aromatic rings. The van der Waals surface area contributed by atoms with Crippen molar-refractivity contribution in [1.29, 1.82) is 5.26 Å². The van der Waals surface area contributed by atoms with Crippen LogP contribution in [0.4, 0.5) is 14.5 Å². The molecule has 9 heteroatoms. The molecule has 27 heavy (non-hydrogen) atoms. The molecule has 0 saturated carbocycles. The summed E-state index contributed by atoms with van der Waals surface area (Å²) < 4.78 is 34.3. The monoisotopic (exact) mass is 377 g/mol. The summed E-state index contributed by atoms with van der Waals surface area (Å²) in [6.45, 7) is -2.53. The number of nitro groups is 1. The normalized spacial score (nSPS) is 10.7. The van der Waals surface area contributed by atoms with Crippen LogP contribution in [0.2, 0.25) is 0 Å². The average Bonchev–Trinajstić information content (AvgIpc) is 2.61. The molecule has 0 bridgehead atoms. The zero-order valence-electron chi connectivity index (χ0n) is 14.7.